The number of fused-ring (bicyclic) bond motifs is 1. The lowest BCUT2D eigenvalue weighted by atomic mass is 9.72. The van der Waals surface area contributed by atoms with E-state index in [1.54, 1.807) is 23.5 Å². The first kappa shape index (κ1) is 28.6. The number of aliphatic imine (C=N–C) groups is 1. The summed E-state index contributed by atoms with van der Waals surface area (Å²) >= 11 is 11.3. The number of ether oxygens (including phenoxy) is 1. The molecular weight excluding hydrogens is 604 g/mol. The largest absolute Gasteiger partial charge is 0.488 e. The van der Waals surface area contributed by atoms with Gasteiger partial charge >= 0.3 is 0 Å². The highest BCUT2D eigenvalue weighted by Crippen LogP contribution is 2.45. The van der Waals surface area contributed by atoms with Crippen molar-refractivity contribution in [2.24, 2.45) is 16.3 Å². The molecule has 5 rings (SSSR count). The lowest BCUT2D eigenvalue weighted by Gasteiger charge is -2.33. The third-order valence-corrected chi connectivity index (χ3v) is 9.24. The van der Waals surface area contributed by atoms with Crippen LogP contribution in [0.15, 0.2) is 82.3 Å². The number of benzene rings is 3. The second-order valence-electron chi connectivity index (χ2n) is 11.2. The molecule has 0 spiro atoms. The molecule has 1 amide bonds. The van der Waals surface area contributed by atoms with Crippen LogP contribution in [0.1, 0.15) is 59.1 Å². The fraction of sp³-hybridized carbons (Fsp3) is 0.273. The lowest BCUT2D eigenvalue weighted by Crippen LogP contribution is -2.27. The van der Waals surface area contributed by atoms with E-state index in [1.807, 2.05) is 66.9 Å². The van der Waals surface area contributed by atoms with Gasteiger partial charge in [-0.1, -0.05) is 78.6 Å². The molecule has 1 atom stereocenters. The third-order valence-electron chi connectivity index (χ3n) is 7.33. The summed E-state index contributed by atoms with van der Waals surface area (Å²) in [5.41, 5.74) is 4.63. The molecule has 3 aromatic carbocycles. The maximum absolute atomic E-state index is 13.7. The third kappa shape index (κ3) is 6.85. The van der Waals surface area contributed by atoms with Crippen LogP contribution in [0.3, 0.4) is 0 Å². The Morgan fingerprint density at radius 2 is 1.88 bits per heavy atom. The van der Waals surface area contributed by atoms with Crippen molar-refractivity contribution >= 4 is 61.7 Å². The van der Waals surface area contributed by atoms with Crippen molar-refractivity contribution in [2.75, 3.05) is 5.32 Å². The zero-order chi connectivity index (χ0) is 28.3. The molecule has 1 aliphatic carbocycles. The summed E-state index contributed by atoms with van der Waals surface area (Å²) in [6.07, 6.45) is 4.70. The van der Waals surface area contributed by atoms with E-state index in [9.17, 15) is 4.79 Å². The molecule has 1 heterocycles. The van der Waals surface area contributed by atoms with Crippen molar-refractivity contribution in [1.82, 2.24) is 0 Å². The van der Waals surface area contributed by atoms with Gasteiger partial charge in [0.1, 0.15) is 17.4 Å². The van der Waals surface area contributed by atoms with Gasteiger partial charge in [0.15, 0.2) is 0 Å². The predicted octanol–water partition coefficient (Wildman–Crippen LogP) is 9.90. The number of halogens is 2. The first-order valence-electron chi connectivity index (χ1n) is 13.4. The van der Waals surface area contributed by atoms with E-state index in [2.05, 4.69) is 42.0 Å². The molecule has 0 aliphatic heterocycles. The summed E-state index contributed by atoms with van der Waals surface area (Å²) in [4.78, 5) is 19.9. The second-order valence-corrected chi connectivity index (χ2v) is 13.6. The van der Waals surface area contributed by atoms with Gasteiger partial charge in [0.2, 0.25) is 0 Å². The fourth-order valence-electron chi connectivity index (χ4n) is 4.98. The number of carbonyl (C=O) groups is 1. The number of carbonyl (C=O) groups excluding carboxylic acids is 1. The summed E-state index contributed by atoms with van der Waals surface area (Å²) in [5.74, 6) is 1.15. The Morgan fingerprint density at radius 1 is 1.12 bits per heavy atom. The molecule has 40 heavy (non-hydrogen) atoms. The van der Waals surface area contributed by atoms with Crippen molar-refractivity contribution in [1.29, 1.82) is 0 Å². The smallest absolute Gasteiger partial charge is 0.259 e. The molecule has 206 valence electrons. The van der Waals surface area contributed by atoms with E-state index in [0.717, 1.165) is 51.2 Å². The molecule has 0 saturated heterocycles. The van der Waals surface area contributed by atoms with Gasteiger partial charge in [-0.05, 0) is 84.2 Å². The first-order chi connectivity index (χ1) is 19.2. The molecule has 4 aromatic rings. The van der Waals surface area contributed by atoms with E-state index >= 15 is 0 Å². The van der Waals surface area contributed by atoms with Gasteiger partial charge in [0.05, 0.1) is 5.56 Å². The molecule has 0 saturated carbocycles. The Balaban J connectivity index is 1.47. The highest BCUT2D eigenvalue weighted by molar-refractivity contribution is 9.10. The van der Waals surface area contributed by atoms with Gasteiger partial charge in [0.25, 0.3) is 5.91 Å². The molecule has 0 fully saturated rings. The van der Waals surface area contributed by atoms with Crippen LogP contribution < -0.4 is 10.1 Å². The molecule has 1 aromatic heterocycles. The fourth-order valence-corrected chi connectivity index (χ4v) is 6.75. The minimum Gasteiger partial charge on any atom is -0.488 e. The van der Waals surface area contributed by atoms with Gasteiger partial charge in [-0.15, -0.1) is 11.3 Å². The van der Waals surface area contributed by atoms with Gasteiger partial charge < -0.3 is 10.1 Å². The molecule has 1 aliphatic rings. The zero-order valence-corrected chi connectivity index (χ0v) is 26.0. The Morgan fingerprint density at radius 3 is 2.60 bits per heavy atom. The molecule has 7 heteroatoms. The van der Waals surface area contributed by atoms with Crippen LogP contribution in [-0.2, 0) is 19.4 Å². The SMILES string of the molecule is CC(C)(C)[C@@H]1CCc2c(sc(N=Cc3cc(Br)ccc3OCc3ccccc3)c2C(=O)Nc2ccc(Cl)cc2)C1. The molecule has 0 bridgehead atoms. The Bertz CT molecular complexity index is 1520. The van der Waals surface area contributed by atoms with Crippen LogP contribution >= 0.6 is 38.9 Å². The van der Waals surface area contributed by atoms with Crippen molar-refractivity contribution in [3.05, 3.63) is 109 Å². The Labute approximate surface area is 253 Å². The molecule has 0 unspecified atom stereocenters. The number of anilines is 1. The summed E-state index contributed by atoms with van der Waals surface area (Å²) < 4.78 is 7.10. The highest BCUT2D eigenvalue weighted by atomic mass is 79.9. The number of thiophene rings is 1. The standard InChI is InChI=1S/C33H32BrClN2O2S/c1-33(2,3)23-9-15-27-29(18-23)40-32(30(27)31(38)37-26-13-11-25(35)12-14-26)36-19-22-17-24(34)10-16-28(22)39-20-21-7-5-4-6-8-21/h4-8,10-14,16-17,19,23H,9,15,18,20H2,1-3H3,(H,37,38)/t23-/m1/s1. The number of nitrogens with zero attached hydrogens (tertiary/aromatic N) is 1. The molecule has 1 N–H and O–H groups in total. The van der Waals surface area contributed by atoms with Gasteiger partial charge in [-0.25, -0.2) is 4.99 Å². The van der Waals surface area contributed by atoms with E-state index in [0.29, 0.717) is 28.8 Å². The predicted molar refractivity (Wildman–Crippen MR) is 171 cm³/mol. The second kappa shape index (κ2) is 12.3. The van der Waals surface area contributed by atoms with Crippen LogP contribution in [0.2, 0.25) is 5.02 Å². The Kier molecular flexibility index (Phi) is 8.79. The van der Waals surface area contributed by atoms with Crippen LogP contribution in [0.4, 0.5) is 10.7 Å². The van der Waals surface area contributed by atoms with Gasteiger partial charge in [-0.2, -0.15) is 0 Å². The van der Waals surface area contributed by atoms with Crippen molar-refractivity contribution in [3.63, 3.8) is 0 Å². The number of nitrogens with one attached hydrogen (secondary N) is 1. The topological polar surface area (TPSA) is 50.7 Å². The maximum Gasteiger partial charge on any atom is 0.259 e. The number of amides is 1. The van der Waals surface area contributed by atoms with Crippen LogP contribution in [0.5, 0.6) is 5.75 Å². The average molecular weight is 636 g/mol. The van der Waals surface area contributed by atoms with Crippen molar-refractivity contribution < 1.29 is 9.53 Å². The molecule has 4 nitrogen and oxygen atoms in total. The number of hydrogen-bond acceptors (Lipinski definition) is 4. The van der Waals surface area contributed by atoms with Crippen LogP contribution in [0.25, 0.3) is 0 Å². The quantitative estimate of drug-likeness (QED) is 0.206. The molecular formula is C33H32BrClN2O2S. The summed E-state index contributed by atoms with van der Waals surface area (Å²) in [7, 11) is 0. The maximum atomic E-state index is 13.7. The normalized spacial score (nSPS) is 15.2. The lowest BCUT2D eigenvalue weighted by molar-refractivity contribution is 0.102. The van der Waals surface area contributed by atoms with Crippen LogP contribution in [-0.4, -0.2) is 12.1 Å². The van der Waals surface area contributed by atoms with E-state index in [4.69, 9.17) is 21.3 Å². The van der Waals surface area contributed by atoms with Gasteiger partial charge in [0, 0.05) is 31.8 Å². The Hall–Kier alpha value is -2.93. The zero-order valence-electron chi connectivity index (χ0n) is 22.8. The van der Waals surface area contributed by atoms with E-state index in [1.165, 1.54) is 4.88 Å². The first-order valence-corrected chi connectivity index (χ1v) is 15.4. The summed E-state index contributed by atoms with van der Waals surface area (Å²) in [5, 5.41) is 4.41. The minimum atomic E-state index is -0.143. The number of hydrogen-bond donors (Lipinski definition) is 1. The highest BCUT2D eigenvalue weighted by Gasteiger charge is 2.33. The number of rotatable bonds is 7. The van der Waals surface area contributed by atoms with E-state index in [-0.39, 0.29) is 11.3 Å². The van der Waals surface area contributed by atoms with E-state index < -0.39 is 0 Å². The van der Waals surface area contributed by atoms with Crippen LogP contribution in [0, 0.1) is 11.3 Å². The van der Waals surface area contributed by atoms with Crippen molar-refractivity contribution in [2.45, 2.75) is 46.6 Å². The summed E-state index contributed by atoms with van der Waals surface area (Å²) in [6, 6.07) is 23.1. The minimum absolute atomic E-state index is 0.143. The van der Waals surface area contributed by atoms with Crippen molar-refractivity contribution in [3.8, 4) is 5.75 Å². The molecule has 0 radical (unpaired) electrons. The average Bonchev–Trinajstić information content (AvgIpc) is 3.30. The monoisotopic (exact) mass is 634 g/mol. The summed E-state index contributed by atoms with van der Waals surface area (Å²) in [6.45, 7) is 7.36. The van der Waals surface area contributed by atoms with Gasteiger partial charge in [-0.3, -0.25) is 4.79 Å².